The quantitative estimate of drug-likeness (QED) is 0.553. The number of aliphatic carboxylic acids is 1. The number of amides is 2. The Morgan fingerprint density at radius 3 is 2.00 bits per heavy atom. The summed E-state index contributed by atoms with van der Waals surface area (Å²) < 4.78 is 5.23. The van der Waals surface area contributed by atoms with Gasteiger partial charge in [-0.2, -0.15) is 0 Å². The van der Waals surface area contributed by atoms with Crippen LogP contribution in [-0.2, 0) is 9.53 Å². The van der Waals surface area contributed by atoms with E-state index in [0.717, 1.165) is 0 Å². The number of nitrogens with two attached hydrogens (primary N) is 2. The molecule has 0 bridgehead atoms. The molecular weight excluding hydrogens is 188 g/mol. The number of rotatable bonds is 1. The molecule has 1 atom stereocenters. The summed E-state index contributed by atoms with van der Waals surface area (Å²) in [4.78, 5) is 19.5. The van der Waals surface area contributed by atoms with Crippen molar-refractivity contribution in [2.45, 2.75) is 25.9 Å². The number of primary amides is 2. The number of hydrogen-bond donors (Lipinski definition) is 3. The number of carbonyl (C=O) groups excluding carboxylic acids is 1. The van der Waals surface area contributed by atoms with Gasteiger partial charge in [0.15, 0.2) is 0 Å². The summed E-state index contributed by atoms with van der Waals surface area (Å²) in [6.45, 7) is 4.21. The van der Waals surface area contributed by atoms with E-state index in [2.05, 4.69) is 11.5 Å². The molecule has 2 amide bonds. The van der Waals surface area contributed by atoms with Crippen molar-refractivity contribution in [2.24, 2.45) is 17.4 Å². The Bertz CT molecular complexity index is 223. The molecule has 0 saturated carbocycles. The van der Waals surface area contributed by atoms with E-state index in [1.54, 1.807) is 0 Å². The van der Waals surface area contributed by atoms with Gasteiger partial charge in [-0.25, -0.2) is 4.79 Å². The zero-order chi connectivity index (χ0) is 11.4. The molecule has 1 fully saturated rings. The van der Waals surface area contributed by atoms with E-state index in [1.165, 1.54) is 0 Å². The van der Waals surface area contributed by atoms with Gasteiger partial charge < -0.3 is 21.3 Å². The van der Waals surface area contributed by atoms with E-state index in [-0.39, 0.29) is 5.92 Å². The van der Waals surface area contributed by atoms with E-state index < -0.39 is 17.6 Å². The molecule has 6 heteroatoms. The first-order valence-corrected chi connectivity index (χ1v) is 4.19. The topological polar surface area (TPSA) is 116 Å². The van der Waals surface area contributed by atoms with Crippen molar-refractivity contribution in [3.8, 4) is 0 Å². The van der Waals surface area contributed by atoms with Crippen LogP contribution in [-0.4, -0.2) is 29.3 Å². The zero-order valence-corrected chi connectivity index (χ0v) is 8.32. The fourth-order valence-electron chi connectivity index (χ4n) is 1.31. The van der Waals surface area contributed by atoms with E-state index in [1.807, 2.05) is 13.8 Å². The average molecular weight is 204 g/mol. The van der Waals surface area contributed by atoms with Crippen LogP contribution in [0.25, 0.3) is 0 Å². The number of urea groups is 1. The van der Waals surface area contributed by atoms with Crippen molar-refractivity contribution < 1.29 is 19.4 Å². The normalized spacial score (nSPS) is 23.4. The highest BCUT2D eigenvalue weighted by Gasteiger charge is 2.40. The Morgan fingerprint density at radius 1 is 1.43 bits per heavy atom. The highest BCUT2D eigenvalue weighted by Crippen LogP contribution is 2.31. The summed E-state index contributed by atoms with van der Waals surface area (Å²) in [6.07, 6.45) is 0.641. The summed E-state index contributed by atoms with van der Waals surface area (Å²) in [5.41, 5.74) is 8.03. The Hall–Kier alpha value is -1.30. The molecule has 1 unspecified atom stereocenters. The van der Waals surface area contributed by atoms with Crippen LogP contribution in [0.2, 0.25) is 0 Å². The third-order valence-electron chi connectivity index (χ3n) is 2.02. The van der Waals surface area contributed by atoms with Crippen LogP contribution in [0.5, 0.6) is 0 Å². The van der Waals surface area contributed by atoms with Gasteiger partial charge in [0.1, 0.15) is 0 Å². The Morgan fingerprint density at radius 2 is 1.86 bits per heavy atom. The maximum Gasteiger partial charge on any atom is 0.309 e. The summed E-state index contributed by atoms with van der Waals surface area (Å²) >= 11 is 0. The first kappa shape index (κ1) is 12.7. The molecule has 0 aromatic carbocycles. The summed E-state index contributed by atoms with van der Waals surface area (Å²) in [7, 11) is 0. The number of carboxylic acid groups (broad SMARTS) is 1. The van der Waals surface area contributed by atoms with Gasteiger partial charge in [-0.1, -0.05) is 0 Å². The molecule has 14 heavy (non-hydrogen) atoms. The molecule has 1 aliphatic heterocycles. The van der Waals surface area contributed by atoms with Gasteiger partial charge in [-0.15, -0.1) is 0 Å². The molecule has 1 heterocycles. The number of carboxylic acids is 1. The fraction of sp³-hybridized carbons (Fsp3) is 0.750. The third-order valence-corrected chi connectivity index (χ3v) is 2.02. The molecule has 1 rings (SSSR count). The van der Waals surface area contributed by atoms with Crippen molar-refractivity contribution in [2.75, 3.05) is 6.61 Å². The molecule has 0 aromatic rings. The van der Waals surface area contributed by atoms with Crippen molar-refractivity contribution >= 4 is 12.0 Å². The lowest BCUT2D eigenvalue weighted by molar-refractivity contribution is -0.146. The lowest BCUT2D eigenvalue weighted by Crippen LogP contribution is -2.32. The molecule has 0 spiro atoms. The molecule has 5 N–H and O–H groups in total. The molecule has 0 radical (unpaired) electrons. The van der Waals surface area contributed by atoms with Crippen molar-refractivity contribution in [1.29, 1.82) is 0 Å². The highest BCUT2D eigenvalue weighted by atomic mass is 16.5. The minimum Gasteiger partial charge on any atom is -0.481 e. The largest absolute Gasteiger partial charge is 0.481 e. The van der Waals surface area contributed by atoms with E-state index in [4.69, 9.17) is 14.6 Å². The lowest BCUT2D eigenvalue weighted by atomic mass is 9.91. The van der Waals surface area contributed by atoms with Gasteiger partial charge in [0.25, 0.3) is 0 Å². The minimum absolute atomic E-state index is 0.326. The van der Waals surface area contributed by atoms with E-state index >= 15 is 0 Å². The SMILES string of the molecule is CC1(C)OCCC1C(=O)O.NC(N)=O. The highest BCUT2D eigenvalue weighted by molar-refractivity contribution is 5.71. The third kappa shape index (κ3) is 4.08. The standard InChI is InChI=1S/C7H12O3.CH4N2O/c1-7(2)5(6(8)9)3-4-10-7;2-1(3)4/h5H,3-4H2,1-2H3,(H,8,9);(H4,2,3,4). The van der Waals surface area contributed by atoms with Gasteiger partial charge in [-0.05, 0) is 20.3 Å². The van der Waals surface area contributed by atoms with Crippen LogP contribution in [0.1, 0.15) is 20.3 Å². The van der Waals surface area contributed by atoms with Crippen molar-refractivity contribution in [1.82, 2.24) is 0 Å². The molecule has 1 aliphatic rings. The average Bonchev–Trinajstić information content (AvgIpc) is 2.27. The Labute approximate surface area is 82.2 Å². The molecule has 0 aliphatic carbocycles. The predicted octanol–water partition coefficient (Wildman–Crippen LogP) is -0.0901. The smallest absolute Gasteiger partial charge is 0.309 e. The summed E-state index contributed by atoms with van der Waals surface area (Å²) in [5, 5.41) is 8.67. The second-order valence-corrected chi connectivity index (χ2v) is 3.53. The Kier molecular flexibility index (Phi) is 4.36. The monoisotopic (exact) mass is 204 g/mol. The van der Waals surface area contributed by atoms with Crippen molar-refractivity contribution in [3.63, 3.8) is 0 Å². The van der Waals surface area contributed by atoms with Crippen molar-refractivity contribution in [3.05, 3.63) is 0 Å². The molecule has 1 saturated heterocycles. The van der Waals surface area contributed by atoms with Crippen LogP contribution in [0.4, 0.5) is 4.79 Å². The molecule has 6 nitrogen and oxygen atoms in total. The molecular formula is C8H16N2O4. The van der Waals surface area contributed by atoms with E-state index in [0.29, 0.717) is 13.0 Å². The zero-order valence-electron chi connectivity index (χ0n) is 8.32. The van der Waals surface area contributed by atoms with Gasteiger partial charge >= 0.3 is 12.0 Å². The van der Waals surface area contributed by atoms with Crippen LogP contribution < -0.4 is 11.5 Å². The number of carbonyl (C=O) groups is 2. The first-order chi connectivity index (χ1) is 6.27. The van der Waals surface area contributed by atoms with Gasteiger partial charge in [0.05, 0.1) is 11.5 Å². The lowest BCUT2D eigenvalue weighted by Gasteiger charge is -2.21. The second-order valence-electron chi connectivity index (χ2n) is 3.53. The first-order valence-electron chi connectivity index (χ1n) is 4.19. The fourth-order valence-corrected chi connectivity index (χ4v) is 1.31. The van der Waals surface area contributed by atoms with Crippen LogP contribution >= 0.6 is 0 Å². The maximum absolute atomic E-state index is 10.5. The molecule has 0 aromatic heterocycles. The van der Waals surface area contributed by atoms with Crippen LogP contribution in [0, 0.1) is 5.92 Å². The maximum atomic E-state index is 10.5. The van der Waals surface area contributed by atoms with Crippen LogP contribution in [0.15, 0.2) is 0 Å². The molecule has 82 valence electrons. The van der Waals surface area contributed by atoms with Gasteiger partial charge in [0, 0.05) is 6.61 Å². The van der Waals surface area contributed by atoms with Gasteiger partial charge in [0.2, 0.25) is 0 Å². The number of ether oxygens (including phenoxy) is 1. The van der Waals surface area contributed by atoms with E-state index in [9.17, 15) is 4.79 Å². The summed E-state index contributed by atoms with van der Waals surface area (Å²) in [5.74, 6) is -1.07. The minimum atomic E-state index is -0.833. The van der Waals surface area contributed by atoms with Crippen LogP contribution in [0.3, 0.4) is 0 Å². The second kappa shape index (κ2) is 4.80. The summed E-state index contributed by atoms with van der Waals surface area (Å²) in [6, 6.07) is -0.833. The number of hydrogen-bond acceptors (Lipinski definition) is 3. The van der Waals surface area contributed by atoms with Gasteiger partial charge in [-0.3, -0.25) is 4.79 Å². The Balaban J connectivity index is 0.000000364. The predicted molar refractivity (Wildman–Crippen MR) is 49.5 cm³/mol.